The van der Waals surface area contributed by atoms with Crippen molar-refractivity contribution in [1.29, 1.82) is 0 Å². The molecular weight excluding hydrogens is 380 g/mol. The molecule has 0 spiro atoms. The molecule has 0 bridgehead atoms. The maximum absolute atomic E-state index is 12.9. The Morgan fingerprint density at radius 1 is 1.20 bits per heavy atom. The van der Waals surface area contributed by atoms with Gasteiger partial charge in [0.15, 0.2) is 0 Å². The third-order valence-electron chi connectivity index (χ3n) is 5.43. The largest absolute Gasteiger partial charge is 0.376 e. The summed E-state index contributed by atoms with van der Waals surface area (Å²) in [6.45, 7) is 3.90. The molecule has 1 saturated heterocycles. The monoisotopic (exact) mass is 406 g/mol. The second-order valence-corrected chi connectivity index (χ2v) is 7.61. The number of imidazole rings is 1. The van der Waals surface area contributed by atoms with Gasteiger partial charge in [-0.1, -0.05) is 30.3 Å². The summed E-state index contributed by atoms with van der Waals surface area (Å²) < 4.78 is 9.20. The predicted octanol–water partition coefficient (Wildman–Crippen LogP) is 2.51. The van der Waals surface area contributed by atoms with Crippen LogP contribution in [-0.4, -0.2) is 32.7 Å². The quantitative estimate of drug-likeness (QED) is 0.654. The lowest BCUT2D eigenvalue weighted by Crippen LogP contribution is -2.35. The number of nitrogens with zero attached hydrogens (tertiary/aromatic N) is 3. The van der Waals surface area contributed by atoms with Crippen LogP contribution in [0.4, 0.5) is 0 Å². The van der Waals surface area contributed by atoms with Gasteiger partial charge in [0.05, 0.1) is 19.2 Å². The van der Waals surface area contributed by atoms with E-state index in [9.17, 15) is 9.59 Å². The van der Waals surface area contributed by atoms with Gasteiger partial charge in [-0.15, -0.1) is 0 Å². The smallest absolute Gasteiger partial charge is 0.263 e. The Kier molecular flexibility index (Phi) is 6.09. The fraction of sp³-hybridized carbons (Fsp3) is 0.348. The number of carbonyl (C=O) groups is 1. The second-order valence-electron chi connectivity index (χ2n) is 7.61. The molecule has 0 radical (unpaired) electrons. The highest BCUT2D eigenvalue weighted by Crippen LogP contribution is 2.14. The van der Waals surface area contributed by atoms with Crippen LogP contribution in [0.1, 0.15) is 40.2 Å². The number of carbonyl (C=O) groups excluding carboxylic acids is 1. The predicted molar refractivity (Wildman–Crippen MR) is 113 cm³/mol. The molecule has 3 heterocycles. The van der Waals surface area contributed by atoms with Gasteiger partial charge in [0.1, 0.15) is 11.4 Å². The molecule has 30 heavy (non-hydrogen) atoms. The Hall–Kier alpha value is -3.19. The molecule has 1 fully saturated rings. The third-order valence-corrected chi connectivity index (χ3v) is 5.43. The minimum absolute atomic E-state index is 0.0341. The number of pyridine rings is 1. The van der Waals surface area contributed by atoms with E-state index in [1.807, 2.05) is 47.2 Å². The van der Waals surface area contributed by atoms with Gasteiger partial charge in [-0.05, 0) is 37.0 Å². The zero-order valence-electron chi connectivity index (χ0n) is 17.1. The minimum Gasteiger partial charge on any atom is -0.376 e. The average Bonchev–Trinajstić information content (AvgIpc) is 3.41. The van der Waals surface area contributed by atoms with Gasteiger partial charge in [-0.25, -0.2) is 4.98 Å². The first kappa shape index (κ1) is 20.1. The highest BCUT2D eigenvalue weighted by atomic mass is 16.5. The van der Waals surface area contributed by atoms with E-state index in [-0.39, 0.29) is 29.7 Å². The molecule has 156 valence electrons. The number of rotatable bonds is 7. The summed E-state index contributed by atoms with van der Waals surface area (Å²) in [5.41, 5.74) is 1.71. The van der Waals surface area contributed by atoms with Crippen molar-refractivity contribution in [2.24, 2.45) is 0 Å². The van der Waals surface area contributed by atoms with Gasteiger partial charge in [0, 0.05) is 31.7 Å². The van der Waals surface area contributed by atoms with E-state index in [4.69, 9.17) is 4.74 Å². The SMILES string of the molecule is Cc1ccn(CC2CCCO2)c(=O)c1C(=O)NCc1nccn1Cc1ccccc1. The molecule has 1 N–H and O–H groups in total. The molecule has 1 unspecified atom stereocenters. The van der Waals surface area contributed by atoms with Gasteiger partial charge in [0.2, 0.25) is 0 Å². The van der Waals surface area contributed by atoms with E-state index in [2.05, 4.69) is 10.3 Å². The third kappa shape index (κ3) is 4.52. The van der Waals surface area contributed by atoms with E-state index in [0.29, 0.717) is 18.7 Å². The summed E-state index contributed by atoms with van der Waals surface area (Å²) in [5, 5.41) is 2.86. The van der Waals surface area contributed by atoms with Crippen molar-refractivity contribution in [2.45, 2.75) is 45.5 Å². The first-order chi connectivity index (χ1) is 14.6. The molecule has 3 aromatic rings. The molecule has 1 aliphatic heterocycles. The lowest BCUT2D eigenvalue weighted by molar-refractivity contribution is 0.0927. The first-order valence-electron chi connectivity index (χ1n) is 10.3. The second kappa shape index (κ2) is 9.09. The Morgan fingerprint density at radius 2 is 2.03 bits per heavy atom. The van der Waals surface area contributed by atoms with Gasteiger partial charge in [-0.3, -0.25) is 9.59 Å². The number of aryl methyl sites for hydroxylation is 1. The Morgan fingerprint density at radius 3 is 2.80 bits per heavy atom. The number of ether oxygens (including phenoxy) is 1. The van der Waals surface area contributed by atoms with E-state index < -0.39 is 0 Å². The van der Waals surface area contributed by atoms with E-state index in [1.54, 1.807) is 23.9 Å². The van der Waals surface area contributed by atoms with E-state index in [1.165, 1.54) is 0 Å². The normalized spacial score (nSPS) is 16.0. The first-order valence-corrected chi connectivity index (χ1v) is 10.3. The lowest BCUT2D eigenvalue weighted by atomic mass is 10.1. The molecule has 2 aromatic heterocycles. The lowest BCUT2D eigenvalue weighted by Gasteiger charge is -2.14. The van der Waals surface area contributed by atoms with Crippen LogP contribution in [0.3, 0.4) is 0 Å². The Balaban J connectivity index is 1.46. The molecule has 7 nitrogen and oxygen atoms in total. The molecule has 0 saturated carbocycles. The number of hydrogen-bond donors (Lipinski definition) is 1. The number of amides is 1. The molecule has 1 aromatic carbocycles. The van der Waals surface area contributed by atoms with E-state index in [0.717, 1.165) is 30.8 Å². The van der Waals surface area contributed by atoms with Crippen LogP contribution in [0.2, 0.25) is 0 Å². The zero-order chi connectivity index (χ0) is 20.9. The Bertz CT molecular complexity index is 1070. The van der Waals surface area contributed by atoms with Crippen LogP contribution >= 0.6 is 0 Å². The van der Waals surface area contributed by atoms with Crippen molar-refractivity contribution in [3.63, 3.8) is 0 Å². The number of nitrogens with one attached hydrogen (secondary N) is 1. The molecular formula is C23H26N4O3. The molecule has 1 atom stereocenters. The fourth-order valence-corrected chi connectivity index (χ4v) is 3.77. The van der Waals surface area contributed by atoms with Crippen molar-refractivity contribution in [3.05, 3.63) is 87.9 Å². The topological polar surface area (TPSA) is 78.2 Å². The van der Waals surface area contributed by atoms with Crippen LogP contribution in [0.15, 0.2) is 59.8 Å². The van der Waals surface area contributed by atoms with Crippen molar-refractivity contribution in [3.8, 4) is 0 Å². The highest BCUT2D eigenvalue weighted by molar-refractivity contribution is 5.95. The zero-order valence-corrected chi connectivity index (χ0v) is 17.1. The van der Waals surface area contributed by atoms with Crippen LogP contribution < -0.4 is 10.9 Å². The summed E-state index contributed by atoms with van der Waals surface area (Å²) in [5.74, 6) is 0.355. The molecule has 7 heteroatoms. The fourth-order valence-electron chi connectivity index (χ4n) is 3.77. The number of hydrogen-bond acceptors (Lipinski definition) is 4. The van der Waals surface area contributed by atoms with Crippen LogP contribution in [0.5, 0.6) is 0 Å². The van der Waals surface area contributed by atoms with Crippen molar-refractivity contribution < 1.29 is 9.53 Å². The number of benzene rings is 1. The summed E-state index contributed by atoms with van der Waals surface area (Å²) in [7, 11) is 0. The Labute approximate surface area is 175 Å². The number of aromatic nitrogens is 3. The van der Waals surface area contributed by atoms with Crippen molar-refractivity contribution in [1.82, 2.24) is 19.4 Å². The highest BCUT2D eigenvalue weighted by Gasteiger charge is 2.20. The van der Waals surface area contributed by atoms with E-state index >= 15 is 0 Å². The summed E-state index contributed by atoms with van der Waals surface area (Å²) in [6.07, 6.45) is 7.32. The standard InChI is InChI=1S/C23H26N4O3/c1-17-9-11-27(16-19-8-5-13-30-19)23(29)21(17)22(28)25-14-20-24-10-12-26(20)15-18-6-3-2-4-7-18/h2-4,6-7,9-12,19H,5,8,13-16H2,1H3,(H,25,28). The molecule has 4 rings (SSSR count). The summed E-state index contributed by atoms with van der Waals surface area (Å²) >= 11 is 0. The van der Waals surface area contributed by atoms with Gasteiger partial charge in [0.25, 0.3) is 11.5 Å². The van der Waals surface area contributed by atoms with Crippen LogP contribution in [0.25, 0.3) is 0 Å². The van der Waals surface area contributed by atoms with Crippen LogP contribution in [0, 0.1) is 6.92 Å². The van der Waals surface area contributed by atoms with Gasteiger partial charge < -0.3 is 19.2 Å². The van der Waals surface area contributed by atoms with Crippen LogP contribution in [-0.2, 0) is 24.4 Å². The molecule has 0 aliphatic carbocycles. The molecule has 1 aliphatic rings. The van der Waals surface area contributed by atoms with Crippen molar-refractivity contribution >= 4 is 5.91 Å². The minimum atomic E-state index is -0.381. The van der Waals surface area contributed by atoms with Gasteiger partial charge >= 0.3 is 0 Å². The maximum atomic E-state index is 12.9. The summed E-state index contributed by atoms with van der Waals surface area (Å²) in [4.78, 5) is 30.1. The van der Waals surface area contributed by atoms with Gasteiger partial charge in [-0.2, -0.15) is 0 Å². The average molecular weight is 406 g/mol. The maximum Gasteiger partial charge on any atom is 0.263 e. The van der Waals surface area contributed by atoms with Crippen molar-refractivity contribution in [2.75, 3.05) is 6.61 Å². The molecule has 1 amide bonds. The summed E-state index contributed by atoms with van der Waals surface area (Å²) in [6, 6.07) is 11.9.